The number of hydrogen-bond donors (Lipinski definition) is 2. The highest BCUT2D eigenvalue weighted by atomic mass is 19.2. The second kappa shape index (κ2) is 9.88. The Bertz CT molecular complexity index is 1650. The Kier molecular flexibility index (Phi) is 6.70. The first-order chi connectivity index (χ1) is 18.5. The maximum atomic E-state index is 15.6. The molecule has 0 bridgehead atoms. The Balaban J connectivity index is 1.94. The van der Waals surface area contributed by atoms with E-state index in [1.165, 1.54) is 0 Å². The van der Waals surface area contributed by atoms with Gasteiger partial charge in [0.2, 0.25) is 0 Å². The second-order valence-electron chi connectivity index (χ2n) is 9.54. The number of aromatic nitrogens is 4. The Hall–Kier alpha value is -4.13. The Morgan fingerprint density at radius 1 is 1.00 bits per heavy atom. The van der Waals surface area contributed by atoms with Crippen LogP contribution in [0.1, 0.15) is 31.0 Å². The largest absolute Gasteiger partial charge is 0.394 e. The highest BCUT2D eigenvalue weighted by Gasteiger charge is 2.30. The van der Waals surface area contributed by atoms with Crippen LogP contribution >= 0.6 is 0 Å². The first kappa shape index (κ1) is 26.5. The maximum Gasteiger partial charge on any atom is 0.355 e. The van der Waals surface area contributed by atoms with Crippen molar-refractivity contribution in [2.75, 3.05) is 36.8 Å². The maximum absolute atomic E-state index is 15.6. The monoisotopic (exact) mass is 545 g/mol. The van der Waals surface area contributed by atoms with Gasteiger partial charge in [-0.05, 0) is 30.5 Å². The summed E-state index contributed by atoms with van der Waals surface area (Å²) in [6.45, 7) is 7.48. The number of hydrogen-bond acceptors (Lipinski definition) is 7. The van der Waals surface area contributed by atoms with Gasteiger partial charge in [0.1, 0.15) is 17.2 Å². The van der Waals surface area contributed by atoms with Crippen LogP contribution in [0.25, 0.3) is 28.0 Å². The molecule has 3 N–H and O–H groups in total. The summed E-state index contributed by atoms with van der Waals surface area (Å²) in [5, 5.41) is 3.25. The van der Waals surface area contributed by atoms with Crippen molar-refractivity contribution in [2.45, 2.75) is 26.7 Å². The predicted molar refractivity (Wildman–Crippen MR) is 136 cm³/mol. The van der Waals surface area contributed by atoms with Gasteiger partial charge in [-0.3, -0.25) is 4.98 Å². The van der Waals surface area contributed by atoms with E-state index < -0.39 is 51.7 Å². The smallest absolute Gasteiger partial charge is 0.355 e. The number of benzene rings is 1. The molecule has 0 unspecified atom stereocenters. The molecule has 8 nitrogen and oxygen atoms in total. The molecule has 1 aliphatic heterocycles. The van der Waals surface area contributed by atoms with E-state index in [0.717, 1.165) is 10.6 Å². The topological polar surface area (TPSA) is 102 Å². The lowest BCUT2D eigenvalue weighted by Gasteiger charge is -2.29. The van der Waals surface area contributed by atoms with Gasteiger partial charge < -0.3 is 16.0 Å². The van der Waals surface area contributed by atoms with Crippen LogP contribution < -0.4 is 21.6 Å². The van der Waals surface area contributed by atoms with Crippen molar-refractivity contribution in [3.8, 4) is 16.9 Å². The lowest BCUT2D eigenvalue weighted by atomic mass is 10.0. The summed E-state index contributed by atoms with van der Waals surface area (Å²) in [5.74, 6) is -9.03. The molecule has 4 aromatic rings. The molecule has 5 rings (SSSR count). The van der Waals surface area contributed by atoms with Crippen LogP contribution in [0.2, 0.25) is 0 Å². The normalized spacial score (nSPS) is 14.0. The predicted octanol–water partition coefficient (Wildman–Crippen LogP) is 3.96. The molecule has 0 radical (unpaired) electrons. The quantitative estimate of drug-likeness (QED) is 0.173. The molecule has 13 heteroatoms. The number of nitrogens with zero attached hydrogens (tertiary/aromatic N) is 5. The van der Waals surface area contributed by atoms with Crippen LogP contribution in [0.15, 0.2) is 23.1 Å². The molecule has 204 valence electrons. The summed E-state index contributed by atoms with van der Waals surface area (Å²) in [7, 11) is 0. The molecule has 0 saturated carbocycles. The standard InChI is InChI=1S/C26H24F5N7O/c1-11(2)21-23(12(3)4-5-34-21)38-25-13(24(36-26(38)39)37-8-6-33-7-9-37)10-14(27)22(35-25)15-16(28)18(30)19(31)20(32)17(15)29/h4-5,10-11,33H,6-9,32H2,1-3H3. The molecule has 1 aliphatic rings. The third kappa shape index (κ3) is 4.26. The van der Waals surface area contributed by atoms with Crippen molar-refractivity contribution in [3.63, 3.8) is 0 Å². The lowest BCUT2D eigenvalue weighted by molar-refractivity contribution is 0.440. The zero-order chi connectivity index (χ0) is 28.2. The summed E-state index contributed by atoms with van der Waals surface area (Å²) in [4.78, 5) is 28.2. The van der Waals surface area contributed by atoms with Crippen LogP contribution in [-0.4, -0.2) is 45.7 Å². The van der Waals surface area contributed by atoms with Gasteiger partial charge in [0, 0.05) is 32.4 Å². The molecular weight excluding hydrogens is 521 g/mol. The number of nitrogens with one attached hydrogen (secondary N) is 1. The van der Waals surface area contributed by atoms with Crippen LogP contribution in [0, 0.1) is 36.0 Å². The van der Waals surface area contributed by atoms with E-state index in [1.807, 2.05) is 13.8 Å². The Labute approximate surface area is 219 Å². The highest BCUT2D eigenvalue weighted by molar-refractivity contribution is 5.90. The zero-order valence-electron chi connectivity index (χ0n) is 21.2. The molecule has 39 heavy (non-hydrogen) atoms. The number of fused-ring (bicyclic) bond motifs is 1. The SMILES string of the molecule is Cc1ccnc(C(C)C)c1-n1c(=O)nc(N2CCNCC2)c2cc(F)c(-c3c(F)c(N)c(F)c(F)c3F)nc21. The average Bonchev–Trinajstić information content (AvgIpc) is 2.92. The van der Waals surface area contributed by atoms with Crippen LogP contribution in [0.3, 0.4) is 0 Å². The summed E-state index contributed by atoms with van der Waals surface area (Å²) in [5.41, 5.74) is 2.13. The average molecular weight is 546 g/mol. The number of rotatable bonds is 4. The van der Waals surface area contributed by atoms with Crippen molar-refractivity contribution in [1.82, 2.24) is 24.8 Å². The van der Waals surface area contributed by atoms with Crippen molar-refractivity contribution in [2.24, 2.45) is 0 Å². The van der Waals surface area contributed by atoms with Gasteiger partial charge >= 0.3 is 5.69 Å². The first-order valence-electron chi connectivity index (χ1n) is 12.2. The van der Waals surface area contributed by atoms with E-state index >= 15 is 4.39 Å². The van der Waals surface area contributed by atoms with Crippen molar-refractivity contribution in [1.29, 1.82) is 0 Å². The summed E-state index contributed by atoms with van der Waals surface area (Å²) in [6, 6.07) is 2.58. The van der Waals surface area contributed by atoms with Crippen LogP contribution in [0.5, 0.6) is 0 Å². The molecule has 0 aliphatic carbocycles. The van der Waals surface area contributed by atoms with Gasteiger partial charge in [0.05, 0.1) is 22.3 Å². The number of piperazine rings is 1. The fourth-order valence-electron chi connectivity index (χ4n) is 4.74. The van der Waals surface area contributed by atoms with Gasteiger partial charge in [0.15, 0.2) is 34.7 Å². The Morgan fingerprint density at radius 2 is 1.69 bits per heavy atom. The summed E-state index contributed by atoms with van der Waals surface area (Å²) in [6.07, 6.45) is 1.57. The fourth-order valence-corrected chi connectivity index (χ4v) is 4.74. The third-order valence-electron chi connectivity index (χ3n) is 6.68. The third-order valence-corrected chi connectivity index (χ3v) is 6.68. The molecule has 3 aromatic heterocycles. The van der Waals surface area contributed by atoms with Gasteiger partial charge in [-0.25, -0.2) is 36.3 Å². The van der Waals surface area contributed by atoms with E-state index in [1.54, 1.807) is 24.1 Å². The van der Waals surface area contributed by atoms with E-state index in [2.05, 4.69) is 20.3 Å². The van der Waals surface area contributed by atoms with Crippen LogP contribution in [-0.2, 0) is 0 Å². The molecule has 1 fully saturated rings. The lowest BCUT2D eigenvalue weighted by Crippen LogP contribution is -2.45. The first-order valence-corrected chi connectivity index (χ1v) is 12.2. The minimum atomic E-state index is -2.08. The zero-order valence-corrected chi connectivity index (χ0v) is 21.2. The fraction of sp³-hybridized carbons (Fsp3) is 0.308. The molecule has 0 atom stereocenters. The summed E-state index contributed by atoms with van der Waals surface area (Å²) < 4.78 is 74.7. The van der Waals surface area contributed by atoms with Crippen molar-refractivity contribution < 1.29 is 22.0 Å². The van der Waals surface area contributed by atoms with Gasteiger partial charge in [-0.2, -0.15) is 4.98 Å². The van der Waals surface area contributed by atoms with E-state index in [9.17, 15) is 22.4 Å². The van der Waals surface area contributed by atoms with Crippen molar-refractivity contribution >= 4 is 22.5 Å². The van der Waals surface area contributed by atoms with E-state index in [0.29, 0.717) is 43.1 Å². The van der Waals surface area contributed by atoms with Crippen molar-refractivity contribution in [3.05, 3.63) is 69.2 Å². The Morgan fingerprint density at radius 3 is 2.36 bits per heavy atom. The van der Waals surface area contributed by atoms with Gasteiger partial charge in [0.25, 0.3) is 0 Å². The number of halogens is 5. The second-order valence-corrected chi connectivity index (χ2v) is 9.54. The molecule has 1 saturated heterocycles. The minimum absolute atomic E-state index is 0.0760. The molecule has 1 aromatic carbocycles. The number of nitrogens with two attached hydrogens (primary N) is 1. The molecule has 0 amide bonds. The number of anilines is 2. The molecule has 4 heterocycles. The molecular formula is C26H24F5N7O. The number of nitrogen functional groups attached to an aromatic ring is 1. The number of aryl methyl sites for hydroxylation is 1. The van der Waals surface area contributed by atoms with Gasteiger partial charge in [-0.1, -0.05) is 13.8 Å². The molecule has 0 spiro atoms. The minimum Gasteiger partial charge on any atom is -0.394 e. The highest BCUT2D eigenvalue weighted by Crippen LogP contribution is 2.37. The van der Waals surface area contributed by atoms with Gasteiger partial charge in [-0.15, -0.1) is 0 Å². The van der Waals surface area contributed by atoms with E-state index in [-0.39, 0.29) is 22.8 Å². The van der Waals surface area contributed by atoms with Crippen LogP contribution in [0.4, 0.5) is 33.5 Å². The summed E-state index contributed by atoms with van der Waals surface area (Å²) >= 11 is 0. The van der Waals surface area contributed by atoms with E-state index in [4.69, 9.17) is 5.73 Å². The number of pyridine rings is 2.